The Kier molecular flexibility index (Phi) is 11.0. The van der Waals surface area contributed by atoms with E-state index in [1.807, 2.05) is 44.2 Å². The lowest BCUT2D eigenvalue weighted by molar-refractivity contribution is -0.140. The molecule has 0 bridgehead atoms. The first-order chi connectivity index (χ1) is 18.5. The van der Waals surface area contributed by atoms with Crippen LogP contribution in [0.25, 0.3) is 0 Å². The third-order valence-electron chi connectivity index (χ3n) is 6.02. The van der Waals surface area contributed by atoms with Crippen molar-refractivity contribution in [2.45, 2.75) is 32.9 Å². The average Bonchev–Trinajstić information content (AvgIpc) is 2.89. The van der Waals surface area contributed by atoms with Crippen LogP contribution in [0.4, 0.5) is 5.69 Å². The second kappa shape index (κ2) is 14.0. The van der Waals surface area contributed by atoms with Gasteiger partial charge in [0.05, 0.1) is 11.9 Å². The number of nitrogens with one attached hydrogen (secondary N) is 1. The van der Waals surface area contributed by atoms with Gasteiger partial charge in [0, 0.05) is 29.0 Å². The lowest BCUT2D eigenvalue weighted by atomic mass is 10.0. The molecule has 3 aromatic rings. The molecule has 0 heterocycles. The van der Waals surface area contributed by atoms with E-state index in [4.69, 9.17) is 11.6 Å². The molecule has 0 radical (unpaired) electrons. The van der Waals surface area contributed by atoms with Crippen molar-refractivity contribution >= 4 is 55.1 Å². The van der Waals surface area contributed by atoms with Crippen molar-refractivity contribution in [3.8, 4) is 0 Å². The predicted octanol–water partition coefficient (Wildman–Crippen LogP) is 5.28. The van der Waals surface area contributed by atoms with Gasteiger partial charge < -0.3 is 10.2 Å². The molecule has 1 atom stereocenters. The summed E-state index contributed by atoms with van der Waals surface area (Å²) in [5.74, 6) is -0.601. The van der Waals surface area contributed by atoms with Gasteiger partial charge in [0.25, 0.3) is 0 Å². The van der Waals surface area contributed by atoms with Gasteiger partial charge >= 0.3 is 0 Å². The van der Waals surface area contributed by atoms with Gasteiger partial charge in [-0.25, -0.2) is 8.42 Å². The molecule has 3 aromatic carbocycles. The van der Waals surface area contributed by atoms with Gasteiger partial charge in [-0.1, -0.05) is 80.0 Å². The summed E-state index contributed by atoms with van der Waals surface area (Å²) in [4.78, 5) is 29.1. The standard InChI is InChI=1S/C29H33BrClN3O4S/c1-21(2)18-32-29(36)27(17-22-9-5-4-6-10-22)33(19-23-13-15-24(31)16-14-23)28(35)20-34(39(3,37)38)26-12-8-7-11-25(26)30/h4-16,21,27H,17-20H2,1-3H3,(H,32,36). The number of halogens is 2. The molecule has 7 nitrogen and oxygen atoms in total. The first kappa shape index (κ1) is 30.7. The summed E-state index contributed by atoms with van der Waals surface area (Å²) in [5, 5.41) is 3.51. The van der Waals surface area contributed by atoms with Crippen LogP contribution in [0, 0.1) is 5.92 Å². The first-order valence-corrected chi connectivity index (χ1v) is 15.6. The summed E-state index contributed by atoms with van der Waals surface area (Å²) in [7, 11) is -3.84. The van der Waals surface area contributed by atoms with E-state index in [1.54, 1.807) is 48.5 Å². The van der Waals surface area contributed by atoms with Gasteiger partial charge in [0.1, 0.15) is 12.6 Å². The second-order valence-electron chi connectivity index (χ2n) is 9.71. The third-order valence-corrected chi connectivity index (χ3v) is 8.07. The maximum absolute atomic E-state index is 14.0. The summed E-state index contributed by atoms with van der Waals surface area (Å²) < 4.78 is 27.3. The molecule has 0 aromatic heterocycles. The normalized spacial score (nSPS) is 12.2. The van der Waals surface area contributed by atoms with Crippen molar-refractivity contribution in [3.63, 3.8) is 0 Å². The number of sulfonamides is 1. The minimum Gasteiger partial charge on any atom is -0.354 e. The van der Waals surface area contributed by atoms with E-state index in [1.165, 1.54) is 4.90 Å². The van der Waals surface area contributed by atoms with Crippen LogP contribution in [0.1, 0.15) is 25.0 Å². The SMILES string of the molecule is CC(C)CNC(=O)C(Cc1ccccc1)N(Cc1ccc(Cl)cc1)C(=O)CN(c1ccccc1Br)S(C)(=O)=O. The van der Waals surface area contributed by atoms with Crippen LogP contribution >= 0.6 is 27.5 Å². The molecule has 0 saturated carbocycles. The van der Waals surface area contributed by atoms with Crippen LogP contribution in [0.5, 0.6) is 0 Å². The fourth-order valence-electron chi connectivity index (χ4n) is 4.01. The van der Waals surface area contributed by atoms with E-state index in [-0.39, 0.29) is 24.8 Å². The highest BCUT2D eigenvalue weighted by Gasteiger charge is 2.33. The second-order valence-corrected chi connectivity index (χ2v) is 12.9. The fraction of sp³-hybridized carbons (Fsp3) is 0.310. The maximum atomic E-state index is 14.0. The molecule has 39 heavy (non-hydrogen) atoms. The smallest absolute Gasteiger partial charge is 0.244 e. The number of hydrogen-bond donors (Lipinski definition) is 1. The van der Waals surface area contributed by atoms with Gasteiger partial charge in [-0.3, -0.25) is 13.9 Å². The Morgan fingerprint density at radius 3 is 2.13 bits per heavy atom. The number of anilines is 1. The fourth-order valence-corrected chi connectivity index (χ4v) is 5.62. The largest absolute Gasteiger partial charge is 0.354 e. The summed E-state index contributed by atoms with van der Waals surface area (Å²) in [6.45, 7) is 4.04. The molecular weight excluding hydrogens is 602 g/mol. The molecule has 3 rings (SSSR count). The minimum absolute atomic E-state index is 0.0934. The Labute approximate surface area is 244 Å². The average molecular weight is 635 g/mol. The Balaban J connectivity index is 2.05. The summed E-state index contributed by atoms with van der Waals surface area (Å²) in [6.07, 6.45) is 1.32. The van der Waals surface area contributed by atoms with Gasteiger partial charge in [0.2, 0.25) is 21.8 Å². The zero-order chi connectivity index (χ0) is 28.6. The molecule has 0 fully saturated rings. The number of para-hydroxylation sites is 1. The third kappa shape index (κ3) is 9.08. The van der Waals surface area contributed by atoms with Crippen molar-refractivity contribution in [3.05, 3.63) is 99.5 Å². The Bertz CT molecular complexity index is 1370. The van der Waals surface area contributed by atoms with E-state index in [0.717, 1.165) is 21.7 Å². The number of hydrogen-bond acceptors (Lipinski definition) is 4. The van der Waals surface area contributed by atoms with Crippen LogP contribution in [-0.2, 0) is 32.6 Å². The number of rotatable bonds is 12. The molecule has 2 amide bonds. The van der Waals surface area contributed by atoms with E-state index in [0.29, 0.717) is 21.7 Å². The Hall–Kier alpha value is -2.88. The number of benzene rings is 3. The predicted molar refractivity (Wildman–Crippen MR) is 160 cm³/mol. The molecular formula is C29H33BrClN3O4S. The van der Waals surface area contributed by atoms with Crippen LogP contribution in [0.3, 0.4) is 0 Å². The van der Waals surface area contributed by atoms with Crippen molar-refractivity contribution < 1.29 is 18.0 Å². The number of carbonyl (C=O) groups is 2. The Morgan fingerprint density at radius 2 is 1.54 bits per heavy atom. The van der Waals surface area contributed by atoms with Gasteiger partial charge in [-0.05, 0) is 57.2 Å². The minimum atomic E-state index is -3.84. The highest BCUT2D eigenvalue weighted by atomic mass is 79.9. The van der Waals surface area contributed by atoms with Gasteiger partial charge in [-0.15, -0.1) is 0 Å². The number of amides is 2. The molecule has 0 aliphatic carbocycles. The molecule has 1 unspecified atom stereocenters. The molecule has 0 spiro atoms. The maximum Gasteiger partial charge on any atom is 0.244 e. The van der Waals surface area contributed by atoms with Crippen molar-refractivity contribution in [1.82, 2.24) is 10.2 Å². The zero-order valence-electron chi connectivity index (χ0n) is 22.2. The molecule has 0 aliphatic heterocycles. The van der Waals surface area contributed by atoms with Crippen LogP contribution in [0.2, 0.25) is 5.02 Å². The van der Waals surface area contributed by atoms with Gasteiger partial charge in [0.15, 0.2) is 0 Å². The number of carbonyl (C=O) groups excluding carboxylic acids is 2. The highest BCUT2D eigenvalue weighted by molar-refractivity contribution is 9.10. The van der Waals surface area contributed by atoms with Crippen LogP contribution < -0.4 is 9.62 Å². The first-order valence-electron chi connectivity index (χ1n) is 12.5. The van der Waals surface area contributed by atoms with E-state index < -0.39 is 28.5 Å². The number of nitrogens with zero attached hydrogens (tertiary/aromatic N) is 2. The van der Waals surface area contributed by atoms with Crippen molar-refractivity contribution in [2.75, 3.05) is 23.7 Å². The highest BCUT2D eigenvalue weighted by Crippen LogP contribution is 2.28. The van der Waals surface area contributed by atoms with Crippen LogP contribution in [-0.4, -0.2) is 50.5 Å². The van der Waals surface area contributed by atoms with E-state index in [9.17, 15) is 18.0 Å². The summed E-state index contributed by atoms with van der Waals surface area (Å²) in [5.41, 5.74) is 1.97. The van der Waals surface area contributed by atoms with Crippen LogP contribution in [0.15, 0.2) is 83.3 Å². The van der Waals surface area contributed by atoms with Crippen molar-refractivity contribution in [1.29, 1.82) is 0 Å². The van der Waals surface area contributed by atoms with Gasteiger partial charge in [-0.2, -0.15) is 0 Å². The molecule has 10 heteroatoms. The molecule has 0 saturated heterocycles. The molecule has 208 valence electrons. The monoisotopic (exact) mass is 633 g/mol. The lowest BCUT2D eigenvalue weighted by Crippen LogP contribution is -2.53. The topological polar surface area (TPSA) is 86.8 Å². The van der Waals surface area contributed by atoms with E-state index in [2.05, 4.69) is 21.2 Å². The van der Waals surface area contributed by atoms with E-state index >= 15 is 0 Å². The summed E-state index contributed by atoms with van der Waals surface area (Å²) >= 11 is 9.48. The lowest BCUT2D eigenvalue weighted by Gasteiger charge is -2.34. The molecule has 0 aliphatic rings. The quantitative estimate of drug-likeness (QED) is 0.294. The zero-order valence-corrected chi connectivity index (χ0v) is 25.3. The Morgan fingerprint density at radius 1 is 0.923 bits per heavy atom. The van der Waals surface area contributed by atoms with Crippen molar-refractivity contribution in [2.24, 2.45) is 5.92 Å². The summed E-state index contributed by atoms with van der Waals surface area (Å²) in [6, 6.07) is 22.4. The molecule has 1 N–H and O–H groups in total.